The Bertz CT molecular complexity index is 294. The van der Waals surface area contributed by atoms with Gasteiger partial charge in [-0.15, -0.1) is 5.92 Å². The molecule has 0 rings (SSSR count). The lowest BCUT2D eigenvalue weighted by atomic mass is 10.1. The van der Waals surface area contributed by atoms with Gasteiger partial charge in [-0.2, -0.15) is 0 Å². The third kappa shape index (κ3) is 16.8. The van der Waals surface area contributed by atoms with Crippen molar-refractivity contribution in [2.24, 2.45) is 0 Å². The molecule has 0 aliphatic carbocycles. The van der Waals surface area contributed by atoms with E-state index < -0.39 is 5.97 Å². The molecule has 0 heterocycles. The van der Waals surface area contributed by atoms with Gasteiger partial charge in [0, 0.05) is 19.3 Å². The lowest BCUT2D eigenvalue weighted by molar-refractivity contribution is -0.137. The summed E-state index contributed by atoms with van der Waals surface area (Å²) in [5.74, 6) is 5.66. The number of hydrogen-bond acceptors (Lipinski definition) is 1. The van der Waals surface area contributed by atoms with Crippen molar-refractivity contribution in [2.45, 2.75) is 77.6 Å². The summed E-state index contributed by atoms with van der Waals surface area (Å²) < 4.78 is 0. The first-order valence-electron chi connectivity index (χ1n) is 7.56. The van der Waals surface area contributed by atoms with Gasteiger partial charge in [-0.05, 0) is 19.8 Å². The van der Waals surface area contributed by atoms with Crippen LogP contribution in [0.2, 0.25) is 0 Å². The lowest BCUT2D eigenvalue weighted by Gasteiger charge is -2.00. The second-order valence-electron chi connectivity index (χ2n) is 4.85. The minimum atomic E-state index is -0.671. The highest BCUT2D eigenvalue weighted by molar-refractivity contribution is 5.66. The quantitative estimate of drug-likeness (QED) is 0.326. The van der Waals surface area contributed by atoms with Crippen LogP contribution < -0.4 is 0 Å². The minimum absolute atomic E-state index is 0.325. The van der Waals surface area contributed by atoms with E-state index in [2.05, 4.69) is 17.9 Å². The van der Waals surface area contributed by atoms with Gasteiger partial charge in [0.05, 0.1) is 0 Å². The molecule has 0 radical (unpaired) electrons. The van der Waals surface area contributed by atoms with Gasteiger partial charge in [0.1, 0.15) is 0 Å². The molecule has 1 N–H and O–H groups in total. The van der Waals surface area contributed by atoms with Gasteiger partial charge >= 0.3 is 5.97 Å². The Balaban J connectivity index is 3.10. The van der Waals surface area contributed by atoms with Gasteiger partial charge in [0.15, 0.2) is 0 Å². The normalized spacial score (nSPS) is 10.4. The average molecular weight is 264 g/mol. The van der Waals surface area contributed by atoms with Gasteiger partial charge in [-0.1, -0.05) is 56.6 Å². The fourth-order valence-corrected chi connectivity index (χ4v) is 1.89. The molecule has 2 nitrogen and oxygen atoms in total. The monoisotopic (exact) mass is 264 g/mol. The molecule has 0 aliphatic heterocycles. The first kappa shape index (κ1) is 17.8. The van der Waals surface area contributed by atoms with Crippen LogP contribution in [0.25, 0.3) is 0 Å². The van der Waals surface area contributed by atoms with Crippen LogP contribution in [0.3, 0.4) is 0 Å². The number of carboxylic acids is 1. The maximum absolute atomic E-state index is 10.3. The first-order chi connectivity index (χ1) is 9.27. The summed E-state index contributed by atoms with van der Waals surface area (Å²) in [6, 6.07) is 0. The van der Waals surface area contributed by atoms with Crippen molar-refractivity contribution in [1.82, 2.24) is 0 Å². The highest BCUT2D eigenvalue weighted by Gasteiger charge is 1.96. The third-order valence-corrected chi connectivity index (χ3v) is 3.02. The fraction of sp³-hybridized carbons (Fsp3) is 0.706. The summed E-state index contributed by atoms with van der Waals surface area (Å²) in [5.41, 5.74) is 0. The molecule has 2 heteroatoms. The second kappa shape index (κ2) is 14.8. The Hall–Kier alpha value is -1.23. The maximum Gasteiger partial charge on any atom is 0.303 e. The molecule has 0 saturated carbocycles. The number of rotatable bonds is 11. The minimum Gasteiger partial charge on any atom is -0.481 e. The summed E-state index contributed by atoms with van der Waals surface area (Å²) in [5, 5.41) is 8.49. The van der Waals surface area contributed by atoms with Crippen LogP contribution in [0.4, 0.5) is 0 Å². The molecule has 0 bridgehead atoms. The van der Waals surface area contributed by atoms with E-state index in [-0.39, 0.29) is 0 Å². The summed E-state index contributed by atoms with van der Waals surface area (Å²) >= 11 is 0. The number of carboxylic acid groups (broad SMARTS) is 1. The number of allylic oxidation sites excluding steroid dienone is 2. The van der Waals surface area contributed by atoms with Crippen molar-refractivity contribution in [3.05, 3.63) is 12.2 Å². The van der Waals surface area contributed by atoms with Crippen molar-refractivity contribution >= 4 is 5.97 Å². The van der Waals surface area contributed by atoms with E-state index in [4.69, 9.17) is 5.11 Å². The van der Waals surface area contributed by atoms with E-state index >= 15 is 0 Å². The summed E-state index contributed by atoms with van der Waals surface area (Å²) in [6.45, 7) is 2.02. The van der Waals surface area contributed by atoms with Gasteiger partial charge in [-0.3, -0.25) is 4.79 Å². The third-order valence-electron chi connectivity index (χ3n) is 3.02. The Morgan fingerprint density at radius 1 is 0.947 bits per heavy atom. The predicted octanol–water partition coefficient (Wildman–Crippen LogP) is 4.94. The number of hydrogen-bond donors (Lipinski definition) is 1. The second-order valence-corrected chi connectivity index (χ2v) is 4.85. The highest BCUT2D eigenvalue weighted by Crippen LogP contribution is 2.10. The number of aliphatic carboxylic acids is 1. The molecule has 0 aromatic rings. The molecule has 0 amide bonds. The molecule has 0 aliphatic rings. The van der Waals surface area contributed by atoms with E-state index in [1.807, 2.05) is 13.0 Å². The zero-order valence-corrected chi connectivity index (χ0v) is 12.3. The van der Waals surface area contributed by atoms with E-state index in [1.54, 1.807) is 0 Å². The SMILES string of the molecule is CC=CCC#CCCCCCCCCCCC(=O)O. The lowest BCUT2D eigenvalue weighted by Crippen LogP contribution is -1.93. The smallest absolute Gasteiger partial charge is 0.303 e. The summed E-state index contributed by atoms with van der Waals surface area (Å²) in [4.78, 5) is 10.3. The molecule has 19 heavy (non-hydrogen) atoms. The van der Waals surface area contributed by atoms with Crippen LogP contribution in [0.1, 0.15) is 77.6 Å². The number of carbonyl (C=O) groups is 1. The molecule has 0 unspecified atom stereocenters. The molecule has 0 aromatic carbocycles. The Morgan fingerprint density at radius 2 is 1.53 bits per heavy atom. The summed E-state index contributed by atoms with van der Waals surface area (Å²) in [7, 11) is 0. The number of unbranched alkanes of at least 4 members (excludes halogenated alkanes) is 8. The van der Waals surface area contributed by atoms with Crippen molar-refractivity contribution in [3.63, 3.8) is 0 Å². The predicted molar refractivity (Wildman–Crippen MR) is 81.0 cm³/mol. The molecular formula is C17H28O2. The molecule has 108 valence electrons. The van der Waals surface area contributed by atoms with Crippen LogP contribution in [0.15, 0.2) is 12.2 Å². The van der Waals surface area contributed by atoms with E-state index in [1.165, 1.54) is 38.5 Å². The van der Waals surface area contributed by atoms with Crippen molar-refractivity contribution in [3.8, 4) is 11.8 Å². The van der Waals surface area contributed by atoms with Crippen molar-refractivity contribution < 1.29 is 9.90 Å². The van der Waals surface area contributed by atoms with Crippen LogP contribution in [-0.4, -0.2) is 11.1 Å². The van der Waals surface area contributed by atoms with E-state index in [0.717, 1.165) is 25.7 Å². The molecule has 0 aromatic heterocycles. The van der Waals surface area contributed by atoms with Crippen LogP contribution in [0.5, 0.6) is 0 Å². The maximum atomic E-state index is 10.3. The summed E-state index contributed by atoms with van der Waals surface area (Å²) in [6.07, 6.45) is 15.7. The molecule has 0 fully saturated rings. The molecule has 0 atom stereocenters. The molecular weight excluding hydrogens is 236 g/mol. The molecule has 0 spiro atoms. The zero-order chi connectivity index (χ0) is 14.2. The first-order valence-corrected chi connectivity index (χ1v) is 7.56. The fourth-order valence-electron chi connectivity index (χ4n) is 1.89. The molecule has 0 saturated heterocycles. The van der Waals surface area contributed by atoms with Crippen molar-refractivity contribution in [1.29, 1.82) is 0 Å². The van der Waals surface area contributed by atoms with Gasteiger partial charge in [0.25, 0.3) is 0 Å². The largest absolute Gasteiger partial charge is 0.481 e. The van der Waals surface area contributed by atoms with E-state index in [9.17, 15) is 4.79 Å². The Labute approximate surface area is 118 Å². The average Bonchev–Trinajstić information content (AvgIpc) is 2.39. The van der Waals surface area contributed by atoms with E-state index in [0.29, 0.717) is 6.42 Å². The van der Waals surface area contributed by atoms with Crippen molar-refractivity contribution in [2.75, 3.05) is 0 Å². The zero-order valence-electron chi connectivity index (χ0n) is 12.3. The standard InChI is InChI=1S/C17H28O2/c1-2-3-4-5-6-7-8-9-10-11-12-13-14-15-16-17(18)19/h2-3H,4,7-16H2,1H3,(H,18,19). The highest BCUT2D eigenvalue weighted by atomic mass is 16.4. The Morgan fingerprint density at radius 3 is 2.11 bits per heavy atom. The van der Waals surface area contributed by atoms with Gasteiger partial charge in [0.2, 0.25) is 0 Å². The van der Waals surface area contributed by atoms with Crippen LogP contribution >= 0.6 is 0 Å². The van der Waals surface area contributed by atoms with Gasteiger partial charge in [-0.25, -0.2) is 0 Å². The van der Waals surface area contributed by atoms with Gasteiger partial charge < -0.3 is 5.11 Å². The Kier molecular flexibility index (Phi) is 13.9. The van der Waals surface area contributed by atoms with Crippen LogP contribution in [0, 0.1) is 11.8 Å². The van der Waals surface area contributed by atoms with Crippen LogP contribution in [-0.2, 0) is 4.79 Å². The topological polar surface area (TPSA) is 37.3 Å².